The summed E-state index contributed by atoms with van der Waals surface area (Å²) in [4.78, 5) is 12.5. The number of hydrogen-bond donors (Lipinski definition) is 1. The van der Waals surface area contributed by atoms with Crippen LogP contribution < -0.4 is 0 Å². The van der Waals surface area contributed by atoms with Crippen LogP contribution >= 0.6 is 0 Å². The number of carbonyl (C=O) groups excluding carboxylic acids is 1. The molecule has 0 heterocycles. The van der Waals surface area contributed by atoms with Crippen molar-refractivity contribution in [3.05, 3.63) is 28.3 Å². The van der Waals surface area contributed by atoms with Gasteiger partial charge >= 0.3 is 5.97 Å². The minimum atomic E-state index is -0.415. The number of benzene rings is 1. The number of aryl methyl sites for hydroxylation is 1. The Bertz CT molecular complexity index is 680. The second-order valence-corrected chi connectivity index (χ2v) is 10.4. The van der Waals surface area contributed by atoms with Crippen molar-refractivity contribution in [1.82, 2.24) is 0 Å². The Balaban J connectivity index is 3.04. The van der Waals surface area contributed by atoms with E-state index in [0.29, 0.717) is 5.56 Å². The number of phenols is 1. The van der Waals surface area contributed by atoms with Crippen LogP contribution in [0.5, 0.6) is 5.75 Å². The molecule has 0 amide bonds. The number of unbranched alkanes of at least 4 members (excludes halogenated alkanes) is 15. The molecule has 0 radical (unpaired) electrons. The highest BCUT2D eigenvalue weighted by molar-refractivity contribution is 5.93. The fraction of sp³-hybridized carbons (Fsp3) is 0.781. The van der Waals surface area contributed by atoms with E-state index in [1.807, 2.05) is 6.07 Å². The average Bonchev–Trinajstić information content (AvgIpc) is 2.87. The second-order valence-electron chi connectivity index (χ2n) is 10.4. The van der Waals surface area contributed by atoms with Gasteiger partial charge in [-0.25, -0.2) is 4.79 Å². The van der Waals surface area contributed by atoms with Gasteiger partial charge in [0.15, 0.2) is 0 Å². The monoisotopic (exact) mass is 488 g/mol. The first-order valence-corrected chi connectivity index (χ1v) is 15.0. The fourth-order valence-electron chi connectivity index (χ4n) is 5.16. The number of carbonyl (C=O) groups is 1. The molecule has 0 aromatic heterocycles. The summed E-state index contributed by atoms with van der Waals surface area (Å²) < 4.78 is 5.04. The Hall–Kier alpha value is -1.51. The Morgan fingerprint density at radius 3 is 1.49 bits per heavy atom. The number of phenolic OH excluding ortho intramolecular Hbond substituents is 1. The molecule has 35 heavy (non-hydrogen) atoms. The van der Waals surface area contributed by atoms with Gasteiger partial charge in [-0.2, -0.15) is 0 Å². The van der Waals surface area contributed by atoms with E-state index in [1.54, 1.807) is 0 Å². The van der Waals surface area contributed by atoms with Gasteiger partial charge in [-0.05, 0) is 61.3 Å². The minimum absolute atomic E-state index is 0.179. The minimum Gasteiger partial charge on any atom is -0.507 e. The first-order valence-electron chi connectivity index (χ1n) is 15.0. The normalized spacial score (nSPS) is 11.2. The summed E-state index contributed by atoms with van der Waals surface area (Å²) in [5.41, 5.74) is 3.99. The molecule has 1 rings (SSSR count). The fourth-order valence-corrected chi connectivity index (χ4v) is 5.16. The maximum absolute atomic E-state index is 12.5. The van der Waals surface area contributed by atoms with Gasteiger partial charge in [-0.15, -0.1) is 0 Å². The summed E-state index contributed by atoms with van der Waals surface area (Å²) in [6, 6.07) is 1.95. The molecule has 3 heteroatoms. The molecule has 1 aromatic rings. The summed E-state index contributed by atoms with van der Waals surface area (Å²) >= 11 is 0. The van der Waals surface area contributed by atoms with Gasteiger partial charge in [0.25, 0.3) is 0 Å². The van der Waals surface area contributed by atoms with Gasteiger partial charge in [0, 0.05) is 0 Å². The standard InChI is InChI=1S/C32H56O3/c1-5-8-11-14-17-20-23-27-26-30(32(34)35-4)31(33)29(25-22-19-16-13-10-7-3)28(27)24-21-18-15-12-9-6-2/h26,33H,5-25H2,1-4H3. The lowest BCUT2D eigenvalue weighted by Crippen LogP contribution is -2.09. The lowest BCUT2D eigenvalue weighted by Gasteiger charge is -2.19. The maximum Gasteiger partial charge on any atom is 0.341 e. The lowest BCUT2D eigenvalue weighted by molar-refractivity contribution is 0.0597. The van der Waals surface area contributed by atoms with E-state index < -0.39 is 5.97 Å². The van der Waals surface area contributed by atoms with Crippen LogP contribution in [0.25, 0.3) is 0 Å². The summed E-state index contributed by atoms with van der Waals surface area (Å²) in [5, 5.41) is 11.2. The third-order valence-corrected chi connectivity index (χ3v) is 7.38. The van der Waals surface area contributed by atoms with E-state index in [-0.39, 0.29) is 5.75 Å². The predicted octanol–water partition coefficient (Wildman–Crippen LogP) is 9.89. The van der Waals surface area contributed by atoms with Crippen LogP contribution in [-0.2, 0) is 24.0 Å². The molecular weight excluding hydrogens is 432 g/mol. The van der Waals surface area contributed by atoms with Crippen LogP contribution in [0.3, 0.4) is 0 Å². The van der Waals surface area contributed by atoms with Crippen LogP contribution in [0, 0.1) is 0 Å². The molecule has 1 N–H and O–H groups in total. The highest BCUT2D eigenvalue weighted by Gasteiger charge is 2.21. The van der Waals surface area contributed by atoms with Crippen LogP contribution in [0.1, 0.15) is 163 Å². The molecule has 0 aliphatic heterocycles. The van der Waals surface area contributed by atoms with Crippen molar-refractivity contribution in [3.8, 4) is 5.75 Å². The van der Waals surface area contributed by atoms with Crippen molar-refractivity contribution in [3.63, 3.8) is 0 Å². The number of rotatable bonds is 22. The maximum atomic E-state index is 12.5. The van der Waals surface area contributed by atoms with Crippen molar-refractivity contribution in [2.24, 2.45) is 0 Å². The molecule has 0 aliphatic rings. The van der Waals surface area contributed by atoms with E-state index >= 15 is 0 Å². The van der Waals surface area contributed by atoms with Crippen LogP contribution in [0.2, 0.25) is 0 Å². The van der Waals surface area contributed by atoms with Gasteiger partial charge in [0.1, 0.15) is 11.3 Å². The van der Waals surface area contributed by atoms with E-state index in [1.165, 1.54) is 115 Å². The number of esters is 1. The van der Waals surface area contributed by atoms with Gasteiger partial charge in [0.05, 0.1) is 7.11 Å². The zero-order valence-corrected chi connectivity index (χ0v) is 23.7. The van der Waals surface area contributed by atoms with Crippen molar-refractivity contribution in [2.45, 2.75) is 156 Å². The van der Waals surface area contributed by atoms with Crippen LogP contribution in [0.15, 0.2) is 6.07 Å². The van der Waals surface area contributed by atoms with E-state index in [4.69, 9.17) is 4.74 Å². The summed E-state index contributed by atoms with van der Waals surface area (Å²) in [5.74, 6) is -0.236. The summed E-state index contributed by atoms with van der Waals surface area (Å²) in [7, 11) is 1.41. The van der Waals surface area contributed by atoms with Gasteiger partial charge in [0.2, 0.25) is 0 Å². The molecule has 0 spiro atoms. The Labute approximate surface area is 217 Å². The molecule has 0 saturated carbocycles. The molecule has 202 valence electrons. The lowest BCUT2D eigenvalue weighted by atomic mass is 9.87. The molecule has 0 unspecified atom stereocenters. The highest BCUT2D eigenvalue weighted by Crippen LogP contribution is 2.34. The molecule has 0 bridgehead atoms. The Morgan fingerprint density at radius 1 is 0.629 bits per heavy atom. The summed E-state index contributed by atoms with van der Waals surface area (Å²) in [6.07, 6.45) is 25.4. The number of aromatic hydroxyl groups is 1. The molecule has 0 aliphatic carbocycles. The largest absolute Gasteiger partial charge is 0.507 e. The van der Waals surface area contributed by atoms with Crippen molar-refractivity contribution < 1.29 is 14.6 Å². The van der Waals surface area contributed by atoms with Gasteiger partial charge < -0.3 is 9.84 Å². The quantitative estimate of drug-likeness (QED) is 0.130. The molecule has 3 nitrogen and oxygen atoms in total. The molecule has 1 aromatic carbocycles. The number of methoxy groups -OCH3 is 1. The topological polar surface area (TPSA) is 46.5 Å². The second kappa shape index (κ2) is 20.7. The van der Waals surface area contributed by atoms with Gasteiger partial charge in [-0.1, -0.05) is 117 Å². The first-order chi connectivity index (χ1) is 17.1. The van der Waals surface area contributed by atoms with E-state index in [0.717, 1.165) is 44.1 Å². The smallest absolute Gasteiger partial charge is 0.341 e. The van der Waals surface area contributed by atoms with E-state index in [9.17, 15) is 9.90 Å². The van der Waals surface area contributed by atoms with Crippen LogP contribution in [-0.4, -0.2) is 18.2 Å². The summed E-state index contributed by atoms with van der Waals surface area (Å²) in [6.45, 7) is 6.76. The van der Waals surface area contributed by atoms with Crippen molar-refractivity contribution >= 4 is 5.97 Å². The molecule has 0 fully saturated rings. The third kappa shape index (κ3) is 12.8. The Kier molecular flexibility index (Phi) is 18.6. The molecule has 0 atom stereocenters. The zero-order valence-electron chi connectivity index (χ0n) is 23.7. The zero-order chi connectivity index (χ0) is 25.7. The molecular formula is C32H56O3. The number of ether oxygens (including phenoxy) is 1. The van der Waals surface area contributed by atoms with E-state index in [2.05, 4.69) is 20.8 Å². The first kappa shape index (κ1) is 31.5. The van der Waals surface area contributed by atoms with Crippen molar-refractivity contribution in [1.29, 1.82) is 0 Å². The SMILES string of the molecule is CCCCCCCCc1cc(C(=O)OC)c(O)c(CCCCCCCC)c1CCCCCCCC. The Morgan fingerprint density at radius 2 is 1.03 bits per heavy atom. The molecule has 0 saturated heterocycles. The van der Waals surface area contributed by atoms with Crippen LogP contribution in [0.4, 0.5) is 0 Å². The van der Waals surface area contributed by atoms with Crippen molar-refractivity contribution in [2.75, 3.05) is 7.11 Å². The third-order valence-electron chi connectivity index (χ3n) is 7.38. The highest BCUT2D eigenvalue weighted by atomic mass is 16.5. The van der Waals surface area contributed by atoms with Gasteiger partial charge in [-0.3, -0.25) is 0 Å². The predicted molar refractivity (Wildman–Crippen MR) is 151 cm³/mol. The number of hydrogen-bond acceptors (Lipinski definition) is 3. The average molecular weight is 489 g/mol.